The highest BCUT2D eigenvalue weighted by molar-refractivity contribution is 6.08. The van der Waals surface area contributed by atoms with Gasteiger partial charge in [-0.05, 0) is 67.3 Å². The van der Waals surface area contributed by atoms with Gasteiger partial charge >= 0.3 is 0 Å². The lowest BCUT2D eigenvalue weighted by Gasteiger charge is -2.33. The summed E-state index contributed by atoms with van der Waals surface area (Å²) in [5.74, 6) is -0.336. The van der Waals surface area contributed by atoms with Crippen LogP contribution in [0.2, 0.25) is 0 Å². The Labute approximate surface area is 212 Å². The molecule has 0 spiro atoms. The van der Waals surface area contributed by atoms with Crippen LogP contribution in [-0.2, 0) is 9.53 Å². The number of hydrogen-bond donors (Lipinski definition) is 1. The zero-order valence-corrected chi connectivity index (χ0v) is 20.7. The lowest BCUT2D eigenvalue weighted by molar-refractivity contribution is -0.123. The van der Waals surface area contributed by atoms with E-state index < -0.39 is 6.04 Å². The number of anilines is 2. The quantitative estimate of drug-likeness (QED) is 0.515. The van der Waals surface area contributed by atoms with E-state index in [0.717, 1.165) is 55.6 Å². The number of benzene rings is 2. The number of aryl methyl sites for hydroxylation is 1. The first-order valence-corrected chi connectivity index (χ1v) is 12.8. The minimum absolute atomic E-state index is 0.130. The molecule has 2 aromatic carbocycles. The number of carbonyl (C=O) groups excluding carboxylic acids is 2. The van der Waals surface area contributed by atoms with E-state index in [9.17, 15) is 9.59 Å². The van der Waals surface area contributed by atoms with E-state index in [-0.39, 0.29) is 23.6 Å². The zero-order chi connectivity index (χ0) is 24.9. The molecule has 7 heteroatoms. The van der Waals surface area contributed by atoms with Crippen molar-refractivity contribution in [3.63, 3.8) is 0 Å². The van der Waals surface area contributed by atoms with E-state index in [1.165, 1.54) is 6.26 Å². The van der Waals surface area contributed by atoms with E-state index in [1.807, 2.05) is 55.5 Å². The number of ether oxygens (including phenoxy) is 1. The normalized spacial score (nSPS) is 17.1. The van der Waals surface area contributed by atoms with Crippen molar-refractivity contribution in [1.82, 2.24) is 5.32 Å². The Kier molecular flexibility index (Phi) is 7.37. The van der Waals surface area contributed by atoms with Gasteiger partial charge in [0.05, 0.1) is 19.5 Å². The summed E-state index contributed by atoms with van der Waals surface area (Å²) in [6.45, 7) is 5.04. The Hall–Kier alpha value is -3.58. The minimum Gasteiger partial charge on any atom is -0.459 e. The van der Waals surface area contributed by atoms with Crippen LogP contribution < -0.4 is 15.1 Å². The summed E-state index contributed by atoms with van der Waals surface area (Å²) in [6, 6.07) is 18.3. The molecule has 0 unspecified atom stereocenters. The summed E-state index contributed by atoms with van der Waals surface area (Å²) in [5.41, 5.74) is 3.49. The van der Waals surface area contributed by atoms with Gasteiger partial charge in [0.25, 0.3) is 5.91 Å². The van der Waals surface area contributed by atoms with Crippen LogP contribution in [0, 0.1) is 6.92 Å². The maximum Gasteiger partial charge on any atom is 0.294 e. The topological polar surface area (TPSA) is 75.0 Å². The third-order valence-corrected chi connectivity index (χ3v) is 7.02. The van der Waals surface area contributed by atoms with Gasteiger partial charge in [-0.25, -0.2) is 0 Å². The molecular formula is C29H33N3O4. The van der Waals surface area contributed by atoms with Crippen LogP contribution in [0.4, 0.5) is 11.4 Å². The number of furan rings is 1. The molecule has 1 saturated carbocycles. The number of morpholine rings is 1. The minimum atomic E-state index is -0.844. The predicted octanol–water partition coefficient (Wildman–Crippen LogP) is 4.87. The van der Waals surface area contributed by atoms with Crippen LogP contribution in [0.5, 0.6) is 0 Å². The van der Waals surface area contributed by atoms with Crippen LogP contribution >= 0.6 is 0 Å². The fraction of sp³-hybridized carbons (Fsp3) is 0.379. The molecule has 1 aromatic heterocycles. The SMILES string of the molecule is Cc1cccc(N(C(=O)c2ccco2)[C@H](C(=O)NC2CCCC2)c2ccc(N3CCOCC3)cc2)c1. The maximum atomic E-state index is 13.9. The summed E-state index contributed by atoms with van der Waals surface area (Å²) >= 11 is 0. The highest BCUT2D eigenvalue weighted by Crippen LogP contribution is 2.32. The lowest BCUT2D eigenvalue weighted by Crippen LogP contribution is -2.46. The second-order valence-corrected chi connectivity index (χ2v) is 9.57. The van der Waals surface area contributed by atoms with Crippen molar-refractivity contribution in [2.45, 2.75) is 44.7 Å². The third-order valence-electron chi connectivity index (χ3n) is 7.02. The summed E-state index contributed by atoms with van der Waals surface area (Å²) in [5, 5.41) is 3.23. The molecule has 1 saturated heterocycles. The van der Waals surface area contributed by atoms with Gasteiger partial charge in [-0.15, -0.1) is 0 Å². The molecule has 7 nitrogen and oxygen atoms in total. The fourth-order valence-electron chi connectivity index (χ4n) is 5.14. The van der Waals surface area contributed by atoms with Gasteiger partial charge in [-0.1, -0.05) is 37.1 Å². The van der Waals surface area contributed by atoms with Crippen molar-refractivity contribution in [3.05, 3.63) is 83.8 Å². The summed E-state index contributed by atoms with van der Waals surface area (Å²) in [4.78, 5) is 31.6. The van der Waals surface area contributed by atoms with E-state index in [1.54, 1.807) is 17.0 Å². The van der Waals surface area contributed by atoms with E-state index in [2.05, 4.69) is 10.2 Å². The summed E-state index contributed by atoms with van der Waals surface area (Å²) in [7, 11) is 0. The Morgan fingerprint density at radius 3 is 2.42 bits per heavy atom. The fourth-order valence-corrected chi connectivity index (χ4v) is 5.14. The average Bonchev–Trinajstić information content (AvgIpc) is 3.62. The number of nitrogens with one attached hydrogen (secondary N) is 1. The van der Waals surface area contributed by atoms with Crippen molar-refractivity contribution in [2.75, 3.05) is 36.1 Å². The predicted molar refractivity (Wildman–Crippen MR) is 139 cm³/mol. The highest BCUT2D eigenvalue weighted by Gasteiger charge is 2.36. The Balaban J connectivity index is 1.55. The molecule has 1 aliphatic carbocycles. The number of hydrogen-bond acceptors (Lipinski definition) is 5. The van der Waals surface area contributed by atoms with Crippen LogP contribution in [0.3, 0.4) is 0 Å². The Bertz CT molecular complexity index is 1160. The first-order chi connectivity index (χ1) is 17.6. The molecule has 1 N–H and O–H groups in total. The number of carbonyl (C=O) groups is 2. The van der Waals surface area contributed by atoms with Gasteiger partial charge in [-0.3, -0.25) is 14.5 Å². The molecule has 1 atom stereocenters. The average molecular weight is 488 g/mol. The van der Waals surface area contributed by atoms with Crippen molar-refractivity contribution in [1.29, 1.82) is 0 Å². The highest BCUT2D eigenvalue weighted by atomic mass is 16.5. The van der Waals surface area contributed by atoms with Crippen LogP contribution in [0.1, 0.15) is 53.4 Å². The maximum absolute atomic E-state index is 13.9. The van der Waals surface area contributed by atoms with Crippen molar-refractivity contribution in [3.8, 4) is 0 Å². The molecule has 0 radical (unpaired) electrons. The molecule has 2 heterocycles. The second kappa shape index (κ2) is 11.0. The second-order valence-electron chi connectivity index (χ2n) is 9.57. The zero-order valence-electron chi connectivity index (χ0n) is 20.7. The number of rotatable bonds is 7. The van der Waals surface area contributed by atoms with E-state index in [4.69, 9.17) is 9.15 Å². The van der Waals surface area contributed by atoms with Gasteiger partial charge in [0.15, 0.2) is 5.76 Å². The van der Waals surface area contributed by atoms with Gasteiger partial charge in [0.2, 0.25) is 5.91 Å². The molecule has 2 fully saturated rings. The molecule has 1 aliphatic heterocycles. The van der Waals surface area contributed by atoms with Gasteiger partial charge in [0.1, 0.15) is 6.04 Å². The molecule has 0 bridgehead atoms. The molecule has 188 valence electrons. The first kappa shape index (κ1) is 24.1. The van der Waals surface area contributed by atoms with Crippen LogP contribution in [0.25, 0.3) is 0 Å². The lowest BCUT2D eigenvalue weighted by atomic mass is 10.0. The Morgan fingerprint density at radius 1 is 1.00 bits per heavy atom. The van der Waals surface area contributed by atoms with Gasteiger partial charge < -0.3 is 19.4 Å². The third kappa shape index (κ3) is 5.31. The molecule has 3 aromatic rings. The van der Waals surface area contributed by atoms with Gasteiger partial charge in [0, 0.05) is 30.5 Å². The molecule has 2 aliphatic rings. The number of nitrogens with zero attached hydrogens (tertiary/aromatic N) is 2. The van der Waals surface area contributed by atoms with Crippen molar-refractivity contribution >= 4 is 23.2 Å². The molecule has 36 heavy (non-hydrogen) atoms. The van der Waals surface area contributed by atoms with Gasteiger partial charge in [-0.2, -0.15) is 0 Å². The van der Waals surface area contributed by atoms with Crippen LogP contribution in [-0.4, -0.2) is 44.2 Å². The van der Waals surface area contributed by atoms with Crippen LogP contribution in [0.15, 0.2) is 71.3 Å². The number of amides is 2. The first-order valence-electron chi connectivity index (χ1n) is 12.8. The Morgan fingerprint density at radius 2 is 1.75 bits per heavy atom. The molecule has 5 rings (SSSR count). The standard InChI is InChI=1S/C29H33N3O4/c1-21-6-4-9-25(20-21)32(29(34)26-10-5-17-36-26)27(28(33)30-23-7-2-3-8-23)22-11-13-24(14-12-22)31-15-18-35-19-16-31/h4-6,9-14,17,20,23,27H,2-3,7-8,15-16,18-19H2,1H3,(H,30,33)/t27-/m0/s1. The monoisotopic (exact) mass is 487 g/mol. The molecule has 2 amide bonds. The summed E-state index contributed by atoms with van der Waals surface area (Å²) in [6.07, 6.45) is 5.62. The summed E-state index contributed by atoms with van der Waals surface area (Å²) < 4.78 is 11.0. The molecular weight excluding hydrogens is 454 g/mol. The van der Waals surface area contributed by atoms with Crippen molar-refractivity contribution < 1.29 is 18.7 Å². The van der Waals surface area contributed by atoms with E-state index >= 15 is 0 Å². The van der Waals surface area contributed by atoms with Crippen molar-refractivity contribution in [2.24, 2.45) is 0 Å². The smallest absolute Gasteiger partial charge is 0.294 e. The largest absolute Gasteiger partial charge is 0.459 e. The van der Waals surface area contributed by atoms with E-state index in [0.29, 0.717) is 18.9 Å².